The third-order valence-corrected chi connectivity index (χ3v) is 2.31. The van der Waals surface area contributed by atoms with Gasteiger partial charge in [0, 0.05) is 11.6 Å². The Hall–Kier alpha value is -1.49. The van der Waals surface area contributed by atoms with Crippen LogP contribution in [0.15, 0.2) is 6.07 Å². The Kier molecular flexibility index (Phi) is 2.64. The molecular weight excluding hydrogens is 201 g/mol. The van der Waals surface area contributed by atoms with Crippen molar-refractivity contribution in [2.45, 2.75) is 6.42 Å². The molecule has 15 heavy (non-hydrogen) atoms. The van der Waals surface area contributed by atoms with E-state index in [2.05, 4.69) is 5.32 Å². The van der Waals surface area contributed by atoms with Crippen LogP contribution in [0.4, 0.5) is 4.39 Å². The molecule has 0 atom stereocenters. The van der Waals surface area contributed by atoms with Crippen molar-refractivity contribution in [2.75, 3.05) is 20.4 Å². The average Bonchev–Trinajstić information content (AvgIpc) is 2.66. The lowest BCUT2D eigenvalue weighted by Crippen LogP contribution is -2.11. The molecule has 0 saturated heterocycles. The highest BCUT2D eigenvalue weighted by molar-refractivity contribution is 5.55. The molecule has 1 aliphatic heterocycles. The van der Waals surface area contributed by atoms with Crippen LogP contribution in [0, 0.1) is 5.82 Å². The summed E-state index contributed by atoms with van der Waals surface area (Å²) in [5, 5.41) is 12.5. The van der Waals surface area contributed by atoms with Gasteiger partial charge in [-0.1, -0.05) is 0 Å². The van der Waals surface area contributed by atoms with E-state index in [1.54, 1.807) is 7.05 Å². The van der Waals surface area contributed by atoms with E-state index in [1.807, 2.05) is 0 Å². The van der Waals surface area contributed by atoms with Crippen LogP contribution in [0.5, 0.6) is 17.2 Å². The summed E-state index contributed by atoms with van der Waals surface area (Å²) >= 11 is 0. The number of hydrogen-bond acceptors (Lipinski definition) is 4. The number of phenolic OH excluding ortho intramolecular Hbond substituents is 1. The smallest absolute Gasteiger partial charge is 0.231 e. The van der Waals surface area contributed by atoms with Gasteiger partial charge in [0.1, 0.15) is 0 Å². The normalized spacial score (nSPS) is 13.2. The summed E-state index contributed by atoms with van der Waals surface area (Å²) in [6.45, 7) is 0.706. The van der Waals surface area contributed by atoms with E-state index >= 15 is 0 Å². The lowest BCUT2D eigenvalue weighted by atomic mass is 10.1. The minimum Gasteiger partial charge on any atom is -0.505 e. The Bertz CT molecular complexity index is 381. The number of hydrogen-bond donors (Lipinski definition) is 2. The van der Waals surface area contributed by atoms with Crippen molar-refractivity contribution in [3.05, 3.63) is 17.4 Å². The van der Waals surface area contributed by atoms with Gasteiger partial charge in [0.05, 0.1) is 0 Å². The van der Waals surface area contributed by atoms with Crippen molar-refractivity contribution < 1.29 is 19.0 Å². The summed E-state index contributed by atoms with van der Waals surface area (Å²) in [5.41, 5.74) is 0.455. The maximum atomic E-state index is 13.3. The molecule has 0 radical (unpaired) electrons. The van der Waals surface area contributed by atoms with Gasteiger partial charge in [0.2, 0.25) is 6.79 Å². The third kappa shape index (κ3) is 1.70. The van der Waals surface area contributed by atoms with Crippen molar-refractivity contribution in [2.24, 2.45) is 0 Å². The van der Waals surface area contributed by atoms with Gasteiger partial charge >= 0.3 is 0 Å². The monoisotopic (exact) mass is 213 g/mol. The van der Waals surface area contributed by atoms with Crippen LogP contribution in [0.25, 0.3) is 0 Å². The molecule has 1 aliphatic rings. The van der Waals surface area contributed by atoms with Crippen molar-refractivity contribution in [1.82, 2.24) is 5.32 Å². The highest BCUT2D eigenvalue weighted by Crippen LogP contribution is 2.42. The van der Waals surface area contributed by atoms with Gasteiger partial charge in [0.15, 0.2) is 23.1 Å². The topological polar surface area (TPSA) is 50.7 Å². The Morgan fingerprint density at radius 1 is 1.53 bits per heavy atom. The van der Waals surface area contributed by atoms with Gasteiger partial charge in [-0.25, -0.2) is 4.39 Å². The molecule has 1 aromatic rings. The quantitative estimate of drug-likeness (QED) is 0.787. The number of benzene rings is 1. The first-order chi connectivity index (χ1) is 7.24. The molecule has 0 spiro atoms. The Balaban J connectivity index is 2.41. The van der Waals surface area contributed by atoms with E-state index in [4.69, 9.17) is 9.47 Å². The summed E-state index contributed by atoms with van der Waals surface area (Å²) in [7, 11) is 1.79. The summed E-state index contributed by atoms with van der Waals surface area (Å²) in [6, 6.07) is 1.14. The zero-order valence-corrected chi connectivity index (χ0v) is 8.34. The molecule has 0 amide bonds. The largest absolute Gasteiger partial charge is 0.505 e. The molecule has 0 unspecified atom stereocenters. The molecule has 0 saturated carbocycles. The van der Waals surface area contributed by atoms with Crippen LogP contribution in [-0.2, 0) is 6.42 Å². The molecule has 1 heterocycles. The van der Waals surface area contributed by atoms with E-state index in [1.165, 1.54) is 0 Å². The molecular formula is C10H12FNO3. The van der Waals surface area contributed by atoms with Crippen molar-refractivity contribution in [3.8, 4) is 17.2 Å². The number of rotatable bonds is 3. The number of aromatic hydroxyl groups is 1. The molecule has 0 bridgehead atoms. The van der Waals surface area contributed by atoms with E-state index in [9.17, 15) is 9.50 Å². The van der Waals surface area contributed by atoms with Gasteiger partial charge in [-0.05, 0) is 20.0 Å². The summed E-state index contributed by atoms with van der Waals surface area (Å²) in [4.78, 5) is 0. The van der Waals surface area contributed by atoms with Crippen LogP contribution in [0.3, 0.4) is 0 Å². The lowest BCUT2D eigenvalue weighted by molar-refractivity contribution is 0.173. The van der Waals surface area contributed by atoms with Gasteiger partial charge in [-0.15, -0.1) is 0 Å². The van der Waals surface area contributed by atoms with Crippen LogP contribution in [0.2, 0.25) is 0 Å². The maximum Gasteiger partial charge on any atom is 0.231 e. The Labute approximate surface area is 86.6 Å². The van der Waals surface area contributed by atoms with Crippen LogP contribution < -0.4 is 14.8 Å². The lowest BCUT2D eigenvalue weighted by Gasteiger charge is -2.08. The number of nitrogens with one attached hydrogen (secondary N) is 1. The number of ether oxygens (including phenoxy) is 2. The summed E-state index contributed by atoms with van der Waals surface area (Å²) < 4.78 is 23.5. The molecule has 0 aliphatic carbocycles. The van der Waals surface area contributed by atoms with Gasteiger partial charge < -0.3 is 19.9 Å². The minimum atomic E-state index is -0.676. The summed E-state index contributed by atoms with van der Waals surface area (Å²) in [6.07, 6.45) is 0.492. The zero-order chi connectivity index (χ0) is 10.8. The second-order valence-electron chi connectivity index (χ2n) is 3.27. The molecule has 2 rings (SSSR count). The van der Waals surface area contributed by atoms with E-state index < -0.39 is 5.82 Å². The van der Waals surface area contributed by atoms with E-state index in [0.717, 1.165) is 6.07 Å². The van der Waals surface area contributed by atoms with Crippen molar-refractivity contribution >= 4 is 0 Å². The predicted octanol–water partition coefficient (Wildman–Crippen LogP) is 1.02. The van der Waals surface area contributed by atoms with Crippen molar-refractivity contribution in [1.29, 1.82) is 0 Å². The first-order valence-corrected chi connectivity index (χ1v) is 4.68. The molecule has 82 valence electrons. The first-order valence-electron chi connectivity index (χ1n) is 4.68. The molecule has 1 aromatic carbocycles. The standard InChI is InChI=1S/C10H12FNO3/c1-12-3-2-6-9(13)7(11)4-8-10(6)15-5-14-8/h4,12-13H,2-3,5H2,1H3. The number of phenols is 1. The van der Waals surface area contributed by atoms with Gasteiger partial charge in [-0.3, -0.25) is 0 Å². The SMILES string of the molecule is CNCCc1c(O)c(F)cc2c1OCO2. The molecule has 0 fully saturated rings. The number of likely N-dealkylation sites (N-methyl/N-ethyl adjacent to an activating group) is 1. The molecule has 2 N–H and O–H groups in total. The average molecular weight is 213 g/mol. The molecule has 0 aromatic heterocycles. The highest BCUT2D eigenvalue weighted by atomic mass is 19.1. The second kappa shape index (κ2) is 3.94. The number of fused-ring (bicyclic) bond motifs is 1. The van der Waals surface area contributed by atoms with Crippen LogP contribution in [0.1, 0.15) is 5.56 Å². The van der Waals surface area contributed by atoms with E-state index in [-0.39, 0.29) is 12.5 Å². The highest BCUT2D eigenvalue weighted by Gasteiger charge is 2.23. The Morgan fingerprint density at radius 3 is 3.07 bits per heavy atom. The molecule has 4 nitrogen and oxygen atoms in total. The third-order valence-electron chi connectivity index (χ3n) is 2.31. The minimum absolute atomic E-state index is 0.0742. The fraction of sp³-hybridized carbons (Fsp3) is 0.400. The summed E-state index contributed by atoms with van der Waals surface area (Å²) in [5.74, 6) is -0.222. The predicted molar refractivity (Wildman–Crippen MR) is 51.8 cm³/mol. The number of halogens is 1. The van der Waals surface area contributed by atoms with Crippen LogP contribution >= 0.6 is 0 Å². The van der Waals surface area contributed by atoms with Crippen LogP contribution in [-0.4, -0.2) is 25.5 Å². The Morgan fingerprint density at radius 2 is 2.33 bits per heavy atom. The maximum absolute atomic E-state index is 13.3. The molecule has 5 heteroatoms. The van der Waals surface area contributed by atoms with Gasteiger partial charge in [-0.2, -0.15) is 0 Å². The van der Waals surface area contributed by atoms with Gasteiger partial charge in [0.25, 0.3) is 0 Å². The second-order valence-corrected chi connectivity index (χ2v) is 3.27. The fourth-order valence-corrected chi connectivity index (χ4v) is 1.55. The van der Waals surface area contributed by atoms with E-state index in [0.29, 0.717) is 30.0 Å². The fourth-order valence-electron chi connectivity index (χ4n) is 1.55. The zero-order valence-electron chi connectivity index (χ0n) is 8.34. The first kappa shape index (κ1) is 10.0. The van der Waals surface area contributed by atoms with Crippen molar-refractivity contribution in [3.63, 3.8) is 0 Å².